The predicted molar refractivity (Wildman–Crippen MR) is 77.3 cm³/mol. The van der Waals surface area contributed by atoms with E-state index in [4.69, 9.17) is 9.47 Å². The van der Waals surface area contributed by atoms with Crippen LogP contribution in [0.1, 0.15) is 5.56 Å². The minimum absolute atomic E-state index is 0.0368. The maximum Gasteiger partial charge on any atom is 0.228 e. The topological polar surface area (TPSA) is 47.6 Å². The van der Waals surface area contributed by atoms with Crippen LogP contribution in [0.2, 0.25) is 0 Å². The molecule has 3 rings (SSSR count). The molecule has 0 saturated carbocycles. The van der Waals surface area contributed by atoms with Crippen molar-refractivity contribution in [2.75, 3.05) is 19.5 Å². The normalized spacial score (nSPS) is 12.8. The van der Waals surface area contributed by atoms with Crippen LogP contribution < -0.4 is 14.8 Å². The summed E-state index contributed by atoms with van der Waals surface area (Å²) in [5.74, 6) is 1.59. The first-order valence-corrected chi connectivity index (χ1v) is 6.36. The standard InChI is InChI=1S/C16H15NO3/c1-19-12-4-6-15(20-2)13(9-12)10-3-5-14-11(7-10)8-16(18)17-14/h3-7,9H,8H2,1-2H3,(H,17,18). The van der Waals surface area contributed by atoms with Crippen LogP contribution in [0.15, 0.2) is 36.4 Å². The van der Waals surface area contributed by atoms with Gasteiger partial charge in [0, 0.05) is 11.3 Å². The Kier molecular flexibility index (Phi) is 3.06. The van der Waals surface area contributed by atoms with Crippen LogP contribution in [0, 0.1) is 0 Å². The number of rotatable bonds is 3. The van der Waals surface area contributed by atoms with Crippen molar-refractivity contribution < 1.29 is 14.3 Å². The molecule has 1 aliphatic rings. The average Bonchev–Trinajstić information content (AvgIpc) is 2.85. The number of methoxy groups -OCH3 is 2. The second-order valence-corrected chi connectivity index (χ2v) is 4.66. The molecule has 2 aromatic rings. The molecule has 102 valence electrons. The first-order chi connectivity index (χ1) is 9.71. The van der Waals surface area contributed by atoms with Gasteiger partial charge in [-0.2, -0.15) is 0 Å². The molecule has 0 atom stereocenters. The molecule has 20 heavy (non-hydrogen) atoms. The van der Waals surface area contributed by atoms with Gasteiger partial charge >= 0.3 is 0 Å². The van der Waals surface area contributed by atoms with Gasteiger partial charge in [0.15, 0.2) is 0 Å². The number of nitrogens with one attached hydrogen (secondary N) is 1. The molecule has 0 radical (unpaired) electrons. The highest BCUT2D eigenvalue weighted by Gasteiger charge is 2.18. The summed E-state index contributed by atoms with van der Waals surface area (Å²) < 4.78 is 10.7. The van der Waals surface area contributed by atoms with Crippen molar-refractivity contribution in [1.29, 1.82) is 0 Å². The molecule has 1 amide bonds. The lowest BCUT2D eigenvalue weighted by molar-refractivity contribution is -0.115. The number of anilines is 1. The van der Waals surface area contributed by atoms with Gasteiger partial charge in [-0.1, -0.05) is 6.07 Å². The van der Waals surface area contributed by atoms with Gasteiger partial charge in [0.05, 0.1) is 20.6 Å². The Bertz CT molecular complexity index is 679. The average molecular weight is 269 g/mol. The largest absolute Gasteiger partial charge is 0.497 e. The molecule has 0 spiro atoms. The lowest BCUT2D eigenvalue weighted by Crippen LogP contribution is -2.03. The maximum absolute atomic E-state index is 11.4. The Morgan fingerprint density at radius 2 is 1.90 bits per heavy atom. The van der Waals surface area contributed by atoms with Gasteiger partial charge in [0.25, 0.3) is 0 Å². The summed E-state index contributed by atoms with van der Waals surface area (Å²) in [6.07, 6.45) is 0.426. The summed E-state index contributed by atoms with van der Waals surface area (Å²) >= 11 is 0. The highest BCUT2D eigenvalue weighted by atomic mass is 16.5. The van der Waals surface area contributed by atoms with Crippen LogP contribution in [0.4, 0.5) is 5.69 Å². The number of benzene rings is 2. The predicted octanol–water partition coefficient (Wildman–Crippen LogP) is 2.87. The molecule has 0 unspecified atom stereocenters. The van der Waals surface area contributed by atoms with E-state index in [0.717, 1.165) is 33.9 Å². The SMILES string of the molecule is COc1ccc(OC)c(-c2ccc3c(c2)CC(=O)N3)c1. The molecule has 2 aromatic carbocycles. The van der Waals surface area contributed by atoms with E-state index >= 15 is 0 Å². The fraction of sp³-hybridized carbons (Fsp3) is 0.188. The van der Waals surface area contributed by atoms with Crippen molar-refractivity contribution in [3.63, 3.8) is 0 Å². The van der Waals surface area contributed by atoms with Crippen molar-refractivity contribution in [3.05, 3.63) is 42.0 Å². The molecule has 1 N–H and O–H groups in total. The van der Waals surface area contributed by atoms with E-state index in [9.17, 15) is 4.79 Å². The van der Waals surface area contributed by atoms with Crippen molar-refractivity contribution in [1.82, 2.24) is 0 Å². The molecular formula is C16H15NO3. The zero-order valence-electron chi connectivity index (χ0n) is 11.4. The second-order valence-electron chi connectivity index (χ2n) is 4.66. The van der Waals surface area contributed by atoms with E-state index in [1.165, 1.54) is 0 Å². The third-order valence-corrected chi connectivity index (χ3v) is 3.45. The summed E-state index contributed by atoms with van der Waals surface area (Å²) in [5.41, 5.74) is 3.86. The van der Waals surface area contributed by atoms with Crippen molar-refractivity contribution in [2.45, 2.75) is 6.42 Å². The molecule has 0 fully saturated rings. The molecule has 0 bridgehead atoms. The summed E-state index contributed by atoms with van der Waals surface area (Å²) in [4.78, 5) is 11.4. The summed E-state index contributed by atoms with van der Waals surface area (Å²) in [7, 11) is 3.28. The first-order valence-electron chi connectivity index (χ1n) is 6.36. The third-order valence-electron chi connectivity index (χ3n) is 3.45. The van der Waals surface area contributed by atoms with Crippen LogP contribution in [0.25, 0.3) is 11.1 Å². The van der Waals surface area contributed by atoms with Gasteiger partial charge in [-0.05, 0) is 41.5 Å². The monoisotopic (exact) mass is 269 g/mol. The molecule has 0 aliphatic carbocycles. The Labute approximate surface area is 117 Å². The molecule has 4 heteroatoms. The van der Waals surface area contributed by atoms with E-state index in [-0.39, 0.29) is 5.91 Å². The Hall–Kier alpha value is -2.49. The molecule has 4 nitrogen and oxygen atoms in total. The molecular weight excluding hydrogens is 254 g/mol. The maximum atomic E-state index is 11.4. The van der Waals surface area contributed by atoms with E-state index in [2.05, 4.69) is 5.32 Å². The van der Waals surface area contributed by atoms with Crippen LogP contribution >= 0.6 is 0 Å². The van der Waals surface area contributed by atoms with Crippen LogP contribution in [-0.4, -0.2) is 20.1 Å². The van der Waals surface area contributed by atoms with Gasteiger partial charge in [-0.3, -0.25) is 4.79 Å². The van der Waals surface area contributed by atoms with E-state index in [1.807, 2.05) is 36.4 Å². The Morgan fingerprint density at radius 3 is 2.65 bits per heavy atom. The number of fused-ring (bicyclic) bond motifs is 1. The minimum atomic E-state index is 0.0368. The van der Waals surface area contributed by atoms with Gasteiger partial charge in [0.2, 0.25) is 5.91 Å². The number of ether oxygens (including phenoxy) is 2. The molecule has 0 aromatic heterocycles. The van der Waals surface area contributed by atoms with E-state index in [1.54, 1.807) is 14.2 Å². The van der Waals surface area contributed by atoms with Crippen LogP contribution in [0.3, 0.4) is 0 Å². The highest BCUT2D eigenvalue weighted by Crippen LogP contribution is 2.36. The lowest BCUT2D eigenvalue weighted by atomic mass is 10.0. The zero-order chi connectivity index (χ0) is 14.1. The molecule has 1 aliphatic heterocycles. The number of amides is 1. The van der Waals surface area contributed by atoms with Gasteiger partial charge in [-0.25, -0.2) is 0 Å². The van der Waals surface area contributed by atoms with Gasteiger partial charge in [0.1, 0.15) is 11.5 Å². The minimum Gasteiger partial charge on any atom is -0.497 e. The molecule has 1 heterocycles. The van der Waals surface area contributed by atoms with Crippen molar-refractivity contribution in [2.24, 2.45) is 0 Å². The fourth-order valence-electron chi connectivity index (χ4n) is 2.44. The zero-order valence-corrected chi connectivity index (χ0v) is 11.4. The smallest absolute Gasteiger partial charge is 0.228 e. The van der Waals surface area contributed by atoms with Crippen LogP contribution in [0.5, 0.6) is 11.5 Å². The van der Waals surface area contributed by atoms with Gasteiger partial charge in [-0.15, -0.1) is 0 Å². The highest BCUT2D eigenvalue weighted by molar-refractivity contribution is 5.99. The Morgan fingerprint density at radius 1 is 1.05 bits per heavy atom. The van der Waals surface area contributed by atoms with E-state index in [0.29, 0.717) is 6.42 Å². The summed E-state index contributed by atoms with van der Waals surface area (Å²) in [6.45, 7) is 0. The third kappa shape index (κ3) is 2.09. The summed E-state index contributed by atoms with van der Waals surface area (Å²) in [6, 6.07) is 11.6. The fourth-order valence-corrected chi connectivity index (χ4v) is 2.44. The second kappa shape index (κ2) is 4.89. The lowest BCUT2D eigenvalue weighted by Gasteiger charge is -2.11. The quantitative estimate of drug-likeness (QED) is 0.932. The molecule has 0 saturated heterocycles. The Balaban J connectivity index is 2.09. The number of hydrogen-bond donors (Lipinski definition) is 1. The number of carbonyl (C=O) groups excluding carboxylic acids is 1. The van der Waals surface area contributed by atoms with Gasteiger partial charge < -0.3 is 14.8 Å². The summed E-state index contributed by atoms with van der Waals surface area (Å²) in [5, 5.41) is 2.83. The first kappa shape index (κ1) is 12.5. The van der Waals surface area contributed by atoms with E-state index < -0.39 is 0 Å². The van der Waals surface area contributed by atoms with Crippen molar-refractivity contribution in [3.8, 4) is 22.6 Å². The van der Waals surface area contributed by atoms with Crippen LogP contribution in [-0.2, 0) is 11.2 Å². The van der Waals surface area contributed by atoms with Crippen molar-refractivity contribution >= 4 is 11.6 Å². The number of carbonyl (C=O) groups is 1. The number of hydrogen-bond acceptors (Lipinski definition) is 3.